The van der Waals surface area contributed by atoms with E-state index in [2.05, 4.69) is 23.9 Å². The third-order valence-electron chi connectivity index (χ3n) is 3.89. The molecule has 1 aromatic rings. The van der Waals surface area contributed by atoms with Crippen LogP contribution in [-0.2, 0) is 11.2 Å². The number of hydrogen-bond donors (Lipinski definition) is 0. The number of aryl methyl sites for hydroxylation is 1. The number of carbonyl (C=O) groups excluding carboxylic acids is 1. The lowest BCUT2D eigenvalue weighted by molar-refractivity contribution is 0.0976. The summed E-state index contributed by atoms with van der Waals surface area (Å²) in [5.41, 5.74) is 1.00. The van der Waals surface area contributed by atoms with E-state index in [9.17, 15) is 4.79 Å². The van der Waals surface area contributed by atoms with Crippen LogP contribution < -0.4 is 4.90 Å². The third-order valence-corrected chi connectivity index (χ3v) is 5.12. The molecule has 0 saturated carbocycles. The Morgan fingerprint density at radius 1 is 1.44 bits per heavy atom. The van der Waals surface area contributed by atoms with E-state index in [4.69, 9.17) is 4.74 Å². The number of fused-ring (bicyclic) bond motifs is 1. The quantitative estimate of drug-likeness (QED) is 0.823. The van der Waals surface area contributed by atoms with Crippen LogP contribution in [0.2, 0.25) is 0 Å². The molecule has 18 heavy (non-hydrogen) atoms. The molecule has 2 aliphatic rings. The van der Waals surface area contributed by atoms with Crippen LogP contribution in [0.25, 0.3) is 0 Å². The second kappa shape index (κ2) is 4.63. The average Bonchev–Trinajstić information content (AvgIpc) is 2.95. The monoisotopic (exact) mass is 266 g/mol. The zero-order valence-corrected chi connectivity index (χ0v) is 11.6. The first-order valence-corrected chi connectivity index (χ1v) is 7.36. The van der Waals surface area contributed by atoms with Gasteiger partial charge in [0.15, 0.2) is 10.9 Å². The Hall–Kier alpha value is -0.940. The minimum Gasteiger partial charge on any atom is -0.376 e. The summed E-state index contributed by atoms with van der Waals surface area (Å²) in [6, 6.07) is 0.382. The van der Waals surface area contributed by atoms with E-state index in [0.29, 0.717) is 12.5 Å². The van der Waals surface area contributed by atoms with Crippen LogP contribution in [0.4, 0.5) is 5.13 Å². The molecule has 1 aliphatic heterocycles. The highest BCUT2D eigenvalue weighted by atomic mass is 32.1. The normalized spacial score (nSPS) is 27.3. The summed E-state index contributed by atoms with van der Waals surface area (Å²) in [6.45, 7) is 2.92. The maximum atomic E-state index is 11.8. The van der Waals surface area contributed by atoms with Crippen molar-refractivity contribution in [1.29, 1.82) is 0 Å². The molecule has 5 heteroatoms. The molecule has 2 heterocycles. The standard InChI is InChI=1S/C13H18N2O2S/c1-8-10(6-7-17-8)15(2)13-14-9-4-3-5-11(16)12(9)18-13/h8,10H,3-7H2,1-2H3. The molecule has 98 valence electrons. The topological polar surface area (TPSA) is 42.4 Å². The number of ether oxygens (including phenoxy) is 1. The van der Waals surface area contributed by atoms with Gasteiger partial charge in [-0.25, -0.2) is 4.98 Å². The fourth-order valence-corrected chi connectivity index (χ4v) is 3.88. The van der Waals surface area contributed by atoms with E-state index < -0.39 is 0 Å². The van der Waals surface area contributed by atoms with E-state index in [-0.39, 0.29) is 11.9 Å². The fourth-order valence-electron chi connectivity index (χ4n) is 2.78. The summed E-state index contributed by atoms with van der Waals surface area (Å²) < 4.78 is 5.60. The van der Waals surface area contributed by atoms with Gasteiger partial charge in [-0.15, -0.1) is 0 Å². The molecule has 1 saturated heterocycles. The van der Waals surface area contributed by atoms with E-state index >= 15 is 0 Å². The lowest BCUT2D eigenvalue weighted by Gasteiger charge is -2.26. The number of anilines is 1. The van der Waals surface area contributed by atoms with Crippen molar-refractivity contribution in [1.82, 2.24) is 4.98 Å². The lowest BCUT2D eigenvalue weighted by Crippen LogP contribution is -2.36. The van der Waals surface area contributed by atoms with Crippen LogP contribution in [0.5, 0.6) is 0 Å². The van der Waals surface area contributed by atoms with Crippen molar-refractivity contribution >= 4 is 22.3 Å². The van der Waals surface area contributed by atoms with Crippen molar-refractivity contribution in [2.24, 2.45) is 0 Å². The van der Waals surface area contributed by atoms with Gasteiger partial charge in [0.2, 0.25) is 0 Å². The Balaban J connectivity index is 1.86. The third kappa shape index (κ3) is 1.95. The van der Waals surface area contributed by atoms with Gasteiger partial charge in [-0.05, 0) is 26.2 Å². The molecule has 0 spiro atoms. The van der Waals surface area contributed by atoms with Crippen molar-refractivity contribution in [2.75, 3.05) is 18.6 Å². The zero-order valence-electron chi connectivity index (χ0n) is 10.8. The van der Waals surface area contributed by atoms with Gasteiger partial charge >= 0.3 is 0 Å². The molecule has 1 fully saturated rings. The fraction of sp³-hybridized carbons (Fsp3) is 0.692. The van der Waals surface area contributed by atoms with Crippen LogP contribution in [0.15, 0.2) is 0 Å². The van der Waals surface area contributed by atoms with Crippen LogP contribution >= 0.6 is 11.3 Å². The first-order chi connectivity index (χ1) is 8.66. The molecule has 1 aliphatic carbocycles. The van der Waals surface area contributed by atoms with Gasteiger partial charge < -0.3 is 9.64 Å². The SMILES string of the molecule is CC1OCCC1N(C)c1nc2c(s1)C(=O)CCC2. The second-order valence-electron chi connectivity index (χ2n) is 5.09. The summed E-state index contributed by atoms with van der Waals surface area (Å²) in [4.78, 5) is 19.6. The molecule has 0 aromatic carbocycles. The molecule has 0 amide bonds. The molecule has 0 N–H and O–H groups in total. The number of ketones is 1. The molecule has 2 atom stereocenters. The lowest BCUT2D eigenvalue weighted by atomic mass is 10.0. The first kappa shape index (κ1) is 12.1. The van der Waals surface area contributed by atoms with Crippen molar-refractivity contribution in [3.8, 4) is 0 Å². The smallest absolute Gasteiger partial charge is 0.186 e. The first-order valence-electron chi connectivity index (χ1n) is 6.54. The number of carbonyl (C=O) groups is 1. The number of likely N-dealkylation sites (N-methyl/N-ethyl adjacent to an activating group) is 1. The predicted octanol–water partition coefficient (Wildman–Crippen LogP) is 2.28. The Kier molecular flexibility index (Phi) is 3.11. The Labute approximate surface area is 111 Å². The van der Waals surface area contributed by atoms with Crippen LogP contribution in [0.3, 0.4) is 0 Å². The number of thiazole rings is 1. The molecule has 0 radical (unpaired) electrons. The number of nitrogens with zero attached hydrogens (tertiary/aromatic N) is 2. The molecule has 4 nitrogen and oxygen atoms in total. The van der Waals surface area contributed by atoms with Gasteiger partial charge in [-0.2, -0.15) is 0 Å². The van der Waals surface area contributed by atoms with Crippen molar-refractivity contribution in [3.63, 3.8) is 0 Å². The molecule has 0 bridgehead atoms. The van der Waals surface area contributed by atoms with Crippen molar-refractivity contribution in [3.05, 3.63) is 10.6 Å². The van der Waals surface area contributed by atoms with Crippen molar-refractivity contribution < 1.29 is 9.53 Å². The molecular formula is C13H18N2O2S. The largest absolute Gasteiger partial charge is 0.376 e. The molecule has 2 unspecified atom stereocenters. The van der Waals surface area contributed by atoms with E-state index in [1.54, 1.807) is 11.3 Å². The van der Waals surface area contributed by atoms with E-state index in [0.717, 1.165) is 41.6 Å². The summed E-state index contributed by atoms with van der Waals surface area (Å²) in [6.07, 6.45) is 3.85. The van der Waals surface area contributed by atoms with E-state index in [1.807, 2.05) is 0 Å². The second-order valence-corrected chi connectivity index (χ2v) is 6.07. The predicted molar refractivity (Wildman–Crippen MR) is 71.6 cm³/mol. The van der Waals surface area contributed by atoms with E-state index in [1.165, 1.54) is 0 Å². The van der Waals surface area contributed by atoms with Crippen LogP contribution in [-0.4, -0.2) is 36.6 Å². The van der Waals surface area contributed by atoms with Crippen LogP contribution in [0, 0.1) is 0 Å². The van der Waals surface area contributed by atoms with Gasteiger partial charge in [-0.3, -0.25) is 4.79 Å². The zero-order chi connectivity index (χ0) is 12.7. The summed E-state index contributed by atoms with van der Waals surface area (Å²) >= 11 is 1.55. The van der Waals surface area contributed by atoms with Gasteiger partial charge in [0.25, 0.3) is 0 Å². The maximum Gasteiger partial charge on any atom is 0.186 e. The highest BCUT2D eigenvalue weighted by Gasteiger charge is 2.31. The summed E-state index contributed by atoms with van der Waals surface area (Å²) in [5, 5.41) is 0.970. The molecular weight excluding hydrogens is 248 g/mol. The summed E-state index contributed by atoms with van der Waals surface area (Å²) in [7, 11) is 2.06. The summed E-state index contributed by atoms with van der Waals surface area (Å²) in [5.74, 6) is 0.268. The maximum absolute atomic E-state index is 11.8. The van der Waals surface area contributed by atoms with Gasteiger partial charge in [-0.1, -0.05) is 11.3 Å². The van der Waals surface area contributed by atoms with Gasteiger partial charge in [0.05, 0.1) is 22.7 Å². The highest BCUT2D eigenvalue weighted by molar-refractivity contribution is 7.17. The highest BCUT2D eigenvalue weighted by Crippen LogP contribution is 2.33. The minimum absolute atomic E-state index is 0.242. The molecule has 3 rings (SSSR count). The number of hydrogen-bond acceptors (Lipinski definition) is 5. The van der Waals surface area contributed by atoms with Crippen molar-refractivity contribution in [2.45, 2.75) is 44.8 Å². The Morgan fingerprint density at radius 2 is 2.28 bits per heavy atom. The minimum atomic E-state index is 0.242. The Bertz CT molecular complexity index is 472. The average molecular weight is 266 g/mol. The van der Waals surface area contributed by atoms with Crippen LogP contribution in [0.1, 0.15) is 41.6 Å². The number of aromatic nitrogens is 1. The van der Waals surface area contributed by atoms with Gasteiger partial charge in [0, 0.05) is 20.1 Å². The van der Waals surface area contributed by atoms with Gasteiger partial charge in [0.1, 0.15) is 0 Å². The molecule has 1 aromatic heterocycles. The number of Topliss-reactive ketones (excluding diaryl/α,β-unsaturated/α-hetero) is 1. The Morgan fingerprint density at radius 3 is 2.94 bits per heavy atom. The number of rotatable bonds is 2.